The Kier molecular flexibility index (Phi) is 6.32. The van der Waals surface area contributed by atoms with E-state index in [2.05, 4.69) is 17.4 Å². The highest BCUT2D eigenvalue weighted by atomic mass is 35.5. The molecule has 1 aliphatic rings. The van der Waals surface area contributed by atoms with Gasteiger partial charge in [-0.25, -0.2) is 9.59 Å². The second-order valence-corrected chi connectivity index (χ2v) is 8.16. The van der Waals surface area contributed by atoms with E-state index in [0.717, 1.165) is 27.9 Å². The Morgan fingerprint density at radius 1 is 1.03 bits per heavy atom. The van der Waals surface area contributed by atoms with Gasteiger partial charge in [-0.15, -0.1) is 0 Å². The molecule has 1 amide bonds. The van der Waals surface area contributed by atoms with Crippen molar-refractivity contribution in [3.05, 3.63) is 88.9 Å². The van der Waals surface area contributed by atoms with Gasteiger partial charge < -0.3 is 20.1 Å². The van der Waals surface area contributed by atoms with Gasteiger partial charge in [-0.1, -0.05) is 66.2 Å². The number of aliphatic carboxylic acids is 1. The molecule has 164 valence electrons. The number of benzene rings is 3. The molecule has 0 unspecified atom stereocenters. The summed E-state index contributed by atoms with van der Waals surface area (Å²) in [6, 6.07) is 22.0. The summed E-state index contributed by atoms with van der Waals surface area (Å²) < 4.78 is 5.47. The molecule has 2 N–H and O–H groups in total. The molecule has 0 saturated heterocycles. The van der Waals surface area contributed by atoms with Gasteiger partial charge in [-0.3, -0.25) is 0 Å². The summed E-state index contributed by atoms with van der Waals surface area (Å²) in [4.78, 5) is 25.9. The summed E-state index contributed by atoms with van der Waals surface area (Å²) in [6.07, 6.45) is -0.765. The van der Waals surface area contributed by atoms with Gasteiger partial charge in [0, 0.05) is 30.2 Å². The van der Waals surface area contributed by atoms with E-state index in [4.69, 9.17) is 16.3 Å². The number of amides is 1. The van der Waals surface area contributed by atoms with Gasteiger partial charge in [0.25, 0.3) is 0 Å². The van der Waals surface area contributed by atoms with Crippen LogP contribution in [0.25, 0.3) is 11.1 Å². The third-order valence-corrected chi connectivity index (χ3v) is 5.87. The number of hydrogen-bond donors (Lipinski definition) is 2. The highest BCUT2D eigenvalue weighted by Gasteiger charge is 2.30. The summed E-state index contributed by atoms with van der Waals surface area (Å²) in [7, 11) is 1.74. The molecule has 1 atom stereocenters. The molecule has 32 heavy (non-hydrogen) atoms. The van der Waals surface area contributed by atoms with Gasteiger partial charge in [0.2, 0.25) is 0 Å². The number of carboxylic acids is 1. The zero-order chi connectivity index (χ0) is 22.7. The van der Waals surface area contributed by atoms with Crippen LogP contribution >= 0.6 is 11.6 Å². The van der Waals surface area contributed by atoms with E-state index in [1.165, 1.54) is 0 Å². The lowest BCUT2D eigenvalue weighted by Crippen LogP contribution is -2.48. The van der Waals surface area contributed by atoms with E-state index in [-0.39, 0.29) is 19.1 Å². The van der Waals surface area contributed by atoms with Gasteiger partial charge in [-0.2, -0.15) is 0 Å². The molecular weight excluding hydrogens is 428 g/mol. The van der Waals surface area contributed by atoms with Crippen molar-refractivity contribution < 1.29 is 19.4 Å². The highest BCUT2D eigenvalue weighted by Crippen LogP contribution is 2.44. The van der Waals surface area contributed by atoms with E-state index < -0.39 is 18.1 Å². The molecular formula is C25H23ClN2O4. The number of anilines is 1. The van der Waals surface area contributed by atoms with Gasteiger partial charge in [0.1, 0.15) is 12.6 Å². The fourth-order valence-electron chi connectivity index (χ4n) is 4.06. The van der Waals surface area contributed by atoms with Crippen LogP contribution in [0.15, 0.2) is 72.8 Å². The summed E-state index contributed by atoms with van der Waals surface area (Å²) >= 11 is 6.01. The van der Waals surface area contributed by atoms with Crippen LogP contribution in [0.4, 0.5) is 10.5 Å². The smallest absolute Gasteiger partial charge is 0.407 e. The SMILES string of the molecule is CN(C[C@H](NC(=O)OCC1c2ccccc2-c2ccccc21)C(=O)O)c1cccc(Cl)c1. The molecule has 0 heterocycles. The summed E-state index contributed by atoms with van der Waals surface area (Å²) in [5, 5.41) is 12.6. The monoisotopic (exact) mass is 450 g/mol. The van der Waals surface area contributed by atoms with E-state index >= 15 is 0 Å². The van der Waals surface area contributed by atoms with Crippen molar-refractivity contribution >= 4 is 29.4 Å². The second kappa shape index (κ2) is 9.32. The van der Waals surface area contributed by atoms with Crippen LogP contribution in [-0.4, -0.2) is 43.4 Å². The first kappa shape index (κ1) is 21.7. The standard InChI is InChI=1S/C25H23ClN2O4/c1-28(17-8-6-7-16(26)13-17)14-23(24(29)30)27-25(31)32-15-22-20-11-4-2-9-18(20)19-10-3-5-12-21(19)22/h2-13,22-23H,14-15H2,1H3,(H,27,31)(H,29,30)/t23-/m0/s1. The third-order valence-electron chi connectivity index (χ3n) is 5.64. The van der Waals surface area contributed by atoms with Crippen LogP contribution < -0.4 is 10.2 Å². The average molecular weight is 451 g/mol. The predicted molar refractivity (Wildman–Crippen MR) is 124 cm³/mol. The number of carbonyl (C=O) groups excluding carboxylic acids is 1. The minimum Gasteiger partial charge on any atom is -0.480 e. The van der Waals surface area contributed by atoms with Crippen molar-refractivity contribution in [3.8, 4) is 11.1 Å². The number of hydrogen-bond acceptors (Lipinski definition) is 4. The van der Waals surface area contributed by atoms with Crippen molar-refractivity contribution in [3.63, 3.8) is 0 Å². The molecule has 1 aliphatic carbocycles. The van der Waals surface area contributed by atoms with E-state index in [0.29, 0.717) is 5.02 Å². The molecule has 3 aromatic carbocycles. The zero-order valence-electron chi connectivity index (χ0n) is 17.5. The van der Waals surface area contributed by atoms with Gasteiger partial charge in [-0.05, 0) is 40.5 Å². The molecule has 0 bridgehead atoms. The van der Waals surface area contributed by atoms with Gasteiger partial charge in [0.15, 0.2) is 0 Å². The number of halogens is 1. The number of nitrogens with one attached hydrogen (secondary N) is 1. The van der Waals surface area contributed by atoms with Gasteiger partial charge >= 0.3 is 12.1 Å². The number of alkyl carbamates (subject to hydrolysis) is 1. The van der Waals surface area contributed by atoms with Crippen molar-refractivity contribution in [1.82, 2.24) is 5.32 Å². The fourth-order valence-corrected chi connectivity index (χ4v) is 4.25. The predicted octanol–water partition coefficient (Wildman–Crippen LogP) is 4.77. The first-order valence-corrected chi connectivity index (χ1v) is 10.6. The number of carbonyl (C=O) groups is 2. The van der Waals surface area contributed by atoms with Crippen LogP contribution in [-0.2, 0) is 9.53 Å². The molecule has 7 heteroatoms. The molecule has 3 aromatic rings. The van der Waals surface area contributed by atoms with E-state index in [1.54, 1.807) is 30.1 Å². The first-order valence-electron chi connectivity index (χ1n) is 10.2. The fraction of sp³-hybridized carbons (Fsp3) is 0.200. The summed E-state index contributed by atoms with van der Waals surface area (Å²) in [5.74, 6) is -1.24. The lowest BCUT2D eigenvalue weighted by molar-refractivity contribution is -0.139. The third kappa shape index (κ3) is 4.55. The Hall–Kier alpha value is -3.51. The molecule has 4 rings (SSSR count). The van der Waals surface area contributed by atoms with Crippen molar-refractivity contribution in [2.24, 2.45) is 0 Å². The molecule has 0 radical (unpaired) electrons. The van der Waals surface area contributed by atoms with Crippen LogP contribution in [0, 0.1) is 0 Å². The topological polar surface area (TPSA) is 78.9 Å². The minimum absolute atomic E-state index is 0.0554. The van der Waals surface area contributed by atoms with Crippen LogP contribution in [0.5, 0.6) is 0 Å². The van der Waals surface area contributed by atoms with Crippen LogP contribution in [0.3, 0.4) is 0 Å². The quantitative estimate of drug-likeness (QED) is 0.542. The highest BCUT2D eigenvalue weighted by molar-refractivity contribution is 6.30. The Labute approximate surface area is 191 Å². The van der Waals surface area contributed by atoms with E-state index in [1.807, 2.05) is 42.5 Å². The number of carboxylic acid groups (broad SMARTS) is 1. The van der Waals surface area contributed by atoms with Crippen molar-refractivity contribution in [2.75, 3.05) is 25.1 Å². The second-order valence-electron chi connectivity index (χ2n) is 7.72. The Morgan fingerprint density at radius 3 is 2.25 bits per heavy atom. The number of fused-ring (bicyclic) bond motifs is 3. The number of nitrogens with zero attached hydrogens (tertiary/aromatic N) is 1. The number of rotatable bonds is 7. The Morgan fingerprint density at radius 2 is 1.66 bits per heavy atom. The van der Waals surface area contributed by atoms with Gasteiger partial charge in [0.05, 0.1) is 0 Å². The zero-order valence-corrected chi connectivity index (χ0v) is 18.3. The maximum atomic E-state index is 12.5. The molecule has 0 fully saturated rings. The largest absolute Gasteiger partial charge is 0.480 e. The first-order chi connectivity index (χ1) is 15.4. The van der Waals surface area contributed by atoms with Crippen molar-refractivity contribution in [1.29, 1.82) is 0 Å². The Balaban J connectivity index is 1.41. The normalized spacial score (nSPS) is 13.1. The average Bonchev–Trinajstić information content (AvgIpc) is 3.11. The van der Waals surface area contributed by atoms with Crippen LogP contribution in [0.2, 0.25) is 5.02 Å². The lowest BCUT2D eigenvalue weighted by Gasteiger charge is -2.24. The number of likely N-dealkylation sites (N-methyl/N-ethyl adjacent to an activating group) is 1. The molecule has 0 spiro atoms. The lowest BCUT2D eigenvalue weighted by atomic mass is 9.98. The van der Waals surface area contributed by atoms with E-state index in [9.17, 15) is 14.7 Å². The minimum atomic E-state index is -1.15. The number of ether oxygens (including phenoxy) is 1. The maximum absolute atomic E-state index is 12.5. The summed E-state index contributed by atoms with van der Waals surface area (Å²) in [6.45, 7) is 0.177. The Bertz CT molecular complexity index is 1100. The molecule has 6 nitrogen and oxygen atoms in total. The maximum Gasteiger partial charge on any atom is 0.407 e. The summed E-state index contributed by atoms with van der Waals surface area (Å²) in [5.41, 5.74) is 5.19. The molecule has 0 aromatic heterocycles. The van der Waals surface area contributed by atoms with Crippen LogP contribution in [0.1, 0.15) is 17.0 Å². The molecule has 0 saturated carbocycles. The molecule has 0 aliphatic heterocycles. The van der Waals surface area contributed by atoms with Crippen molar-refractivity contribution in [2.45, 2.75) is 12.0 Å².